The molecule has 0 amide bonds. The summed E-state index contributed by atoms with van der Waals surface area (Å²) in [5.41, 5.74) is 0.195. The molecule has 2 rings (SSSR count). The van der Waals surface area contributed by atoms with E-state index >= 15 is 0 Å². The summed E-state index contributed by atoms with van der Waals surface area (Å²) in [4.78, 5) is 2.20. The average molecular weight is 273 g/mol. The highest BCUT2D eigenvalue weighted by Gasteiger charge is 2.31. The Balaban J connectivity index is 2.03. The van der Waals surface area contributed by atoms with Crippen LogP contribution < -0.4 is 0 Å². The first kappa shape index (κ1) is 14.3. The van der Waals surface area contributed by atoms with Crippen LogP contribution in [0.4, 0.5) is 13.2 Å². The van der Waals surface area contributed by atoms with E-state index in [0.717, 1.165) is 44.1 Å². The molecule has 1 fully saturated rings. The van der Waals surface area contributed by atoms with E-state index in [-0.39, 0.29) is 12.5 Å². The van der Waals surface area contributed by atoms with Crippen molar-refractivity contribution in [1.29, 1.82) is 0 Å². The van der Waals surface area contributed by atoms with Crippen LogP contribution in [0.1, 0.15) is 29.9 Å². The first-order valence-electron chi connectivity index (χ1n) is 6.51. The lowest BCUT2D eigenvalue weighted by Crippen LogP contribution is -2.22. The molecule has 19 heavy (non-hydrogen) atoms. The molecule has 0 aromatic heterocycles. The molecule has 2 nitrogen and oxygen atoms in total. The first-order chi connectivity index (χ1) is 9.00. The summed E-state index contributed by atoms with van der Waals surface area (Å²) < 4.78 is 38.0. The highest BCUT2D eigenvalue weighted by molar-refractivity contribution is 5.29. The number of rotatable bonds is 4. The van der Waals surface area contributed by atoms with Gasteiger partial charge in [-0.1, -0.05) is 18.2 Å². The fraction of sp³-hybridized carbons (Fsp3) is 0.571. The minimum absolute atomic E-state index is 0.157. The van der Waals surface area contributed by atoms with Gasteiger partial charge in [-0.25, -0.2) is 0 Å². The Hall–Kier alpha value is -1.07. The van der Waals surface area contributed by atoms with Crippen molar-refractivity contribution < 1.29 is 18.3 Å². The molecule has 1 unspecified atom stereocenters. The minimum atomic E-state index is -4.27. The van der Waals surface area contributed by atoms with Gasteiger partial charge < -0.3 is 10.0 Å². The van der Waals surface area contributed by atoms with E-state index < -0.39 is 11.7 Å². The predicted octanol–water partition coefficient (Wildman–Crippen LogP) is 2.88. The molecule has 0 spiro atoms. The number of hydrogen-bond acceptors (Lipinski definition) is 2. The van der Waals surface area contributed by atoms with Gasteiger partial charge in [0.1, 0.15) is 0 Å². The third kappa shape index (κ3) is 3.70. The van der Waals surface area contributed by atoms with E-state index in [1.165, 1.54) is 12.1 Å². The van der Waals surface area contributed by atoms with Gasteiger partial charge in [0.25, 0.3) is 0 Å². The zero-order chi connectivity index (χ0) is 13.9. The Kier molecular flexibility index (Phi) is 4.47. The van der Waals surface area contributed by atoms with Crippen molar-refractivity contribution in [1.82, 2.24) is 4.90 Å². The predicted molar refractivity (Wildman–Crippen MR) is 66.9 cm³/mol. The summed E-state index contributed by atoms with van der Waals surface area (Å²) in [6, 6.07) is 5.63. The maximum Gasteiger partial charge on any atom is 0.416 e. The average Bonchev–Trinajstić information content (AvgIpc) is 2.84. The van der Waals surface area contributed by atoms with Gasteiger partial charge in [0.05, 0.1) is 5.56 Å². The Labute approximate surface area is 110 Å². The fourth-order valence-corrected chi connectivity index (χ4v) is 2.57. The van der Waals surface area contributed by atoms with Crippen molar-refractivity contribution in [2.45, 2.75) is 24.9 Å². The molecule has 0 radical (unpaired) electrons. The lowest BCUT2D eigenvalue weighted by molar-refractivity contribution is -0.137. The third-order valence-corrected chi connectivity index (χ3v) is 3.59. The van der Waals surface area contributed by atoms with Crippen LogP contribution in [-0.4, -0.2) is 36.2 Å². The monoisotopic (exact) mass is 273 g/mol. The summed E-state index contributed by atoms with van der Waals surface area (Å²) in [7, 11) is 0. The molecule has 1 aromatic carbocycles. The molecule has 1 aromatic rings. The maximum atomic E-state index is 12.7. The molecule has 1 aliphatic heterocycles. The van der Waals surface area contributed by atoms with Crippen LogP contribution >= 0.6 is 0 Å². The number of likely N-dealkylation sites (tertiary alicyclic amines) is 1. The summed E-state index contributed by atoms with van der Waals surface area (Å²) in [6.07, 6.45) is -2.67. The molecule has 1 N–H and O–H groups in total. The molecule has 1 atom stereocenters. The van der Waals surface area contributed by atoms with Gasteiger partial charge in [0.15, 0.2) is 0 Å². The van der Waals surface area contributed by atoms with Crippen LogP contribution in [0.15, 0.2) is 24.3 Å². The summed E-state index contributed by atoms with van der Waals surface area (Å²) in [6.45, 7) is 2.64. The van der Waals surface area contributed by atoms with Crippen molar-refractivity contribution in [3.63, 3.8) is 0 Å². The smallest absolute Gasteiger partial charge is 0.396 e. The Morgan fingerprint density at radius 3 is 2.79 bits per heavy atom. The van der Waals surface area contributed by atoms with Crippen LogP contribution in [0.25, 0.3) is 0 Å². The van der Waals surface area contributed by atoms with Crippen LogP contribution in [0.5, 0.6) is 0 Å². The van der Waals surface area contributed by atoms with E-state index in [9.17, 15) is 13.2 Å². The molecular formula is C14H18F3NO. The summed E-state index contributed by atoms with van der Waals surface area (Å²) >= 11 is 0. The summed E-state index contributed by atoms with van der Waals surface area (Å²) in [5.74, 6) is 0.168. The van der Waals surface area contributed by atoms with E-state index in [4.69, 9.17) is 5.11 Å². The highest BCUT2D eigenvalue weighted by atomic mass is 19.4. The standard InChI is InChI=1S/C14H18F3NO/c15-14(16,17)13-4-1-3-11(9-13)12-5-7-18(10-12)6-2-8-19/h1,3-4,9,12,19H,2,5-8,10H2. The molecule has 0 saturated carbocycles. The van der Waals surface area contributed by atoms with Crippen molar-refractivity contribution in [3.05, 3.63) is 35.4 Å². The van der Waals surface area contributed by atoms with E-state index in [1.807, 2.05) is 0 Å². The molecule has 1 saturated heterocycles. The number of nitrogens with zero attached hydrogens (tertiary/aromatic N) is 1. The van der Waals surface area contributed by atoms with Crippen molar-refractivity contribution >= 4 is 0 Å². The van der Waals surface area contributed by atoms with E-state index in [2.05, 4.69) is 4.90 Å². The van der Waals surface area contributed by atoms with E-state index in [0.29, 0.717) is 0 Å². The van der Waals surface area contributed by atoms with Gasteiger partial charge in [-0.05, 0) is 36.9 Å². The van der Waals surface area contributed by atoms with Gasteiger partial charge in [-0.2, -0.15) is 13.2 Å². The van der Waals surface area contributed by atoms with Crippen molar-refractivity contribution in [3.8, 4) is 0 Å². The summed E-state index contributed by atoms with van der Waals surface area (Å²) in [5, 5.41) is 8.78. The minimum Gasteiger partial charge on any atom is -0.396 e. The molecule has 1 heterocycles. The molecule has 106 valence electrons. The van der Waals surface area contributed by atoms with Gasteiger partial charge in [0.2, 0.25) is 0 Å². The van der Waals surface area contributed by atoms with Gasteiger partial charge >= 0.3 is 6.18 Å². The Bertz CT molecular complexity index is 419. The zero-order valence-corrected chi connectivity index (χ0v) is 10.7. The molecule has 0 aliphatic carbocycles. The van der Waals surface area contributed by atoms with Crippen LogP contribution in [0.3, 0.4) is 0 Å². The Morgan fingerprint density at radius 2 is 2.11 bits per heavy atom. The largest absolute Gasteiger partial charge is 0.416 e. The van der Waals surface area contributed by atoms with Crippen molar-refractivity contribution in [2.75, 3.05) is 26.2 Å². The second-order valence-corrected chi connectivity index (χ2v) is 4.99. The van der Waals surface area contributed by atoms with Crippen LogP contribution in [0.2, 0.25) is 0 Å². The molecular weight excluding hydrogens is 255 g/mol. The van der Waals surface area contributed by atoms with Crippen LogP contribution in [0, 0.1) is 0 Å². The van der Waals surface area contributed by atoms with Crippen molar-refractivity contribution in [2.24, 2.45) is 0 Å². The number of halogens is 3. The maximum absolute atomic E-state index is 12.7. The lowest BCUT2D eigenvalue weighted by atomic mass is 9.96. The Morgan fingerprint density at radius 1 is 1.32 bits per heavy atom. The first-order valence-corrected chi connectivity index (χ1v) is 6.51. The van der Waals surface area contributed by atoms with Crippen LogP contribution in [-0.2, 0) is 6.18 Å². The zero-order valence-electron chi connectivity index (χ0n) is 10.7. The van der Waals surface area contributed by atoms with Gasteiger partial charge in [0, 0.05) is 19.7 Å². The highest BCUT2D eigenvalue weighted by Crippen LogP contribution is 2.33. The SMILES string of the molecule is OCCCN1CCC(c2cccc(C(F)(F)F)c2)C1. The number of benzene rings is 1. The second-order valence-electron chi connectivity index (χ2n) is 4.99. The van der Waals surface area contributed by atoms with Gasteiger partial charge in [-0.15, -0.1) is 0 Å². The number of alkyl halides is 3. The quantitative estimate of drug-likeness (QED) is 0.912. The molecule has 5 heteroatoms. The fourth-order valence-electron chi connectivity index (χ4n) is 2.57. The topological polar surface area (TPSA) is 23.5 Å². The van der Waals surface area contributed by atoms with E-state index in [1.54, 1.807) is 6.07 Å². The second kappa shape index (κ2) is 5.92. The number of aliphatic hydroxyl groups excluding tert-OH is 1. The van der Waals surface area contributed by atoms with Gasteiger partial charge in [-0.3, -0.25) is 0 Å². The normalized spacial score (nSPS) is 20.9. The number of aliphatic hydroxyl groups is 1. The number of hydrogen-bond donors (Lipinski definition) is 1. The molecule has 0 bridgehead atoms. The molecule has 1 aliphatic rings. The third-order valence-electron chi connectivity index (χ3n) is 3.59. The lowest BCUT2D eigenvalue weighted by Gasteiger charge is -2.16.